The third kappa shape index (κ3) is 2.86. The molecule has 2 aromatic heterocycles. The number of aryl methyl sites for hydroxylation is 1. The van der Waals surface area contributed by atoms with Crippen molar-refractivity contribution < 1.29 is 18.0 Å². The number of halogens is 4. The summed E-state index contributed by atoms with van der Waals surface area (Å²) < 4.78 is 41.1. The average Bonchev–Trinajstić information content (AvgIpc) is 2.94. The predicted octanol–water partition coefficient (Wildman–Crippen LogP) is 4.75. The third-order valence-electron chi connectivity index (χ3n) is 7.18. The molecule has 4 bridgehead atoms. The fourth-order valence-corrected chi connectivity index (χ4v) is 6.54. The van der Waals surface area contributed by atoms with Crippen molar-refractivity contribution in [3.05, 3.63) is 28.2 Å². The molecule has 0 spiro atoms. The molecule has 4 fully saturated rings. The van der Waals surface area contributed by atoms with E-state index in [4.69, 9.17) is 11.6 Å². The first kappa shape index (κ1) is 19.2. The van der Waals surface area contributed by atoms with Crippen LogP contribution in [0.15, 0.2) is 6.07 Å². The smallest absolute Gasteiger partial charge is 0.335 e. The highest BCUT2D eigenvalue weighted by Crippen LogP contribution is 2.57. The molecule has 0 radical (unpaired) electrons. The molecule has 0 aliphatic heterocycles. The zero-order valence-electron chi connectivity index (χ0n) is 16.3. The predicted molar refractivity (Wildman–Crippen MR) is 101 cm³/mol. The second kappa shape index (κ2) is 6.09. The van der Waals surface area contributed by atoms with Crippen molar-refractivity contribution in [1.29, 1.82) is 0 Å². The lowest BCUT2D eigenvalue weighted by atomic mass is 9.52. The lowest BCUT2D eigenvalue weighted by Gasteiger charge is -2.59. The van der Waals surface area contributed by atoms with E-state index >= 15 is 0 Å². The molecule has 4 aliphatic rings. The van der Waals surface area contributed by atoms with Crippen molar-refractivity contribution >= 4 is 23.2 Å². The van der Waals surface area contributed by atoms with Gasteiger partial charge < -0.3 is 4.90 Å². The number of aromatic nitrogens is 3. The Hall–Kier alpha value is -1.83. The van der Waals surface area contributed by atoms with Crippen LogP contribution < -0.4 is 0 Å². The first-order valence-corrected chi connectivity index (χ1v) is 10.4. The molecule has 6 rings (SSSR count). The van der Waals surface area contributed by atoms with Crippen molar-refractivity contribution in [2.24, 2.45) is 17.8 Å². The van der Waals surface area contributed by atoms with Crippen molar-refractivity contribution in [3.8, 4) is 0 Å². The van der Waals surface area contributed by atoms with E-state index in [1.807, 2.05) is 0 Å². The zero-order valence-corrected chi connectivity index (χ0v) is 17.0. The molecule has 4 aliphatic carbocycles. The first-order chi connectivity index (χ1) is 13.6. The molecular formula is C20H22ClF3N4O. The second-order valence-corrected chi connectivity index (χ2v) is 9.56. The Morgan fingerprint density at radius 3 is 2.28 bits per heavy atom. The quantitative estimate of drug-likeness (QED) is 0.696. The van der Waals surface area contributed by atoms with Gasteiger partial charge in [-0.2, -0.15) is 18.3 Å². The van der Waals surface area contributed by atoms with E-state index in [1.165, 1.54) is 26.2 Å². The minimum atomic E-state index is -4.63. The second-order valence-electron chi connectivity index (χ2n) is 9.18. The van der Waals surface area contributed by atoms with Gasteiger partial charge in [-0.25, -0.2) is 9.50 Å². The molecule has 0 atom stereocenters. The standard InChI is InChI=1S/C20H22ClF3N4O/c1-10-3-14(20(22,23)24)28-17(25-10)15(21)16(26-28)18(29)27(2)19-7-11-4-12(8-19)6-13(5-11)9-19/h3,11-13H,4-9H2,1-2H3. The highest BCUT2D eigenvalue weighted by Gasteiger charge is 2.54. The summed E-state index contributed by atoms with van der Waals surface area (Å²) in [5, 5.41) is 3.86. The largest absolute Gasteiger partial charge is 0.433 e. The highest BCUT2D eigenvalue weighted by molar-refractivity contribution is 6.36. The summed E-state index contributed by atoms with van der Waals surface area (Å²) in [6.07, 6.45) is 1.93. The topological polar surface area (TPSA) is 50.5 Å². The summed E-state index contributed by atoms with van der Waals surface area (Å²) in [7, 11) is 1.75. The van der Waals surface area contributed by atoms with E-state index in [2.05, 4.69) is 10.1 Å². The Kier molecular flexibility index (Phi) is 4.02. The van der Waals surface area contributed by atoms with Gasteiger partial charge in [-0.15, -0.1) is 0 Å². The number of hydrogen-bond acceptors (Lipinski definition) is 3. The summed E-state index contributed by atoms with van der Waals surface area (Å²) in [4.78, 5) is 19.2. The zero-order chi connectivity index (χ0) is 20.7. The summed E-state index contributed by atoms with van der Waals surface area (Å²) in [6, 6.07) is 0.910. The molecule has 156 valence electrons. The van der Waals surface area contributed by atoms with Gasteiger partial charge in [-0.3, -0.25) is 4.79 Å². The molecule has 9 heteroatoms. The highest BCUT2D eigenvalue weighted by atomic mass is 35.5. The molecule has 0 saturated heterocycles. The average molecular weight is 427 g/mol. The summed E-state index contributed by atoms with van der Waals surface area (Å²) in [5.74, 6) is 1.48. The van der Waals surface area contributed by atoms with Crippen molar-refractivity contribution in [3.63, 3.8) is 0 Å². The van der Waals surface area contributed by atoms with Gasteiger partial charge in [-0.1, -0.05) is 11.6 Å². The number of nitrogens with zero attached hydrogens (tertiary/aromatic N) is 4. The fraction of sp³-hybridized carbons (Fsp3) is 0.650. The van der Waals surface area contributed by atoms with E-state index in [9.17, 15) is 18.0 Å². The maximum Gasteiger partial charge on any atom is 0.433 e. The number of carbonyl (C=O) groups excluding carboxylic acids is 1. The van der Waals surface area contributed by atoms with Crippen molar-refractivity contribution in [2.45, 2.75) is 57.2 Å². The minimum absolute atomic E-state index is 0.124. The van der Waals surface area contributed by atoms with Gasteiger partial charge in [-0.05, 0) is 69.3 Å². The van der Waals surface area contributed by atoms with Gasteiger partial charge >= 0.3 is 6.18 Å². The lowest BCUT2D eigenvalue weighted by molar-refractivity contribution is -0.142. The van der Waals surface area contributed by atoms with Gasteiger partial charge in [0.2, 0.25) is 0 Å². The maximum atomic E-state index is 13.5. The van der Waals surface area contributed by atoms with Crippen LogP contribution in [0.3, 0.4) is 0 Å². The van der Waals surface area contributed by atoms with Gasteiger partial charge in [0.1, 0.15) is 10.7 Å². The molecule has 29 heavy (non-hydrogen) atoms. The number of rotatable bonds is 2. The molecule has 0 aromatic carbocycles. The Bertz CT molecular complexity index is 980. The van der Waals surface area contributed by atoms with Gasteiger partial charge in [0.05, 0.1) is 0 Å². The number of fused-ring (bicyclic) bond motifs is 1. The Labute approximate surface area is 171 Å². The normalized spacial score (nSPS) is 30.9. The molecule has 2 heterocycles. The van der Waals surface area contributed by atoms with Crippen LogP contribution >= 0.6 is 11.6 Å². The molecule has 0 unspecified atom stereocenters. The number of amides is 1. The van der Waals surface area contributed by atoms with Crippen LogP contribution in [0.1, 0.15) is 60.4 Å². The molecular weight excluding hydrogens is 405 g/mol. The van der Waals surface area contributed by atoms with Crippen LogP contribution in [0, 0.1) is 24.7 Å². The van der Waals surface area contributed by atoms with Gasteiger partial charge in [0, 0.05) is 18.3 Å². The van der Waals surface area contributed by atoms with Gasteiger partial charge in [0.15, 0.2) is 11.3 Å². The third-order valence-corrected chi connectivity index (χ3v) is 7.52. The SMILES string of the molecule is Cc1cc(C(F)(F)F)n2nc(C(=O)N(C)C34CC5CC(CC(C5)C3)C4)c(Cl)c2n1. The van der Waals surface area contributed by atoms with Gasteiger partial charge in [0.25, 0.3) is 5.91 Å². The number of alkyl halides is 3. The van der Waals surface area contributed by atoms with E-state index < -0.39 is 17.8 Å². The summed E-state index contributed by atoms with van der Waals surface area (Å²) in [6.45, 7) is 1.46. The fourth-order valence-electron chi connectivity index (χ4n) is 6.30. The van der Waals surface area contributed by atoms with Crippen molar-refractivity contribution in [1.82, 2.24) is 19.5 Å². The summed E-state index contributed by atoms with van der Waals surface area (Å²) >= 11 is 6.34. The van der Waals surface area contributed by atoms with Crippen LogP contribution in [0.5, 0.6) is 0 Å². The number of hydrogen-bond donors (Lipinski definition) is 0. The van der Waals surface area contributed by atoms with Crippen LogP contribution in [0.2, 0.25) is 5.02 Å². The first-order valence-electron chi connectivity index (χ1n) is 9.98. The monoisotopic (exact) mass is 426 g/mol. The maximum absolute atomic E-state index is 13.5. The molecule has 1 amide bonds. The van der Waals surface area contributed by atoms with Crippen LogP contribution in [0.4, 0.5) is 13.2 Å². The van der Waals surface area contributed by atoms with E-state index in [-0.39, 0.29) is 27.6 Å². The molecule has 4 saturated carbocycles. The Morgan fingerprint density at radius 1 is 1.21 bits per heavy atom. The van der Waals surface area contributed by atoms with E-state index in [0.717, 1.165) is 25.3 Å². The van der Waals surface area contributed by atoms with E-state index in [0.29, 0.717) is 22.3 Å². The Balaban J connectivity index is 1.56. The van der Waals surface area contributed by atoms with Crippen LogP contribution in [-0.4, -0.2) is 38.0 Å². The molecule has 2 aromatic rings. The molecule has 0 N–H and O–H groups in total. The van der Waals surface area contributed by atoms with Crippen LogP contribution in [0.25, 0.3) is 5.65 Å². The van der Waals surface area contributed by atoms with E-state index in [1.54, 1.807) is 11.9 Å². The summed E-state index contributed by atoms with van der Waals surface area (Å²) in [5.41, 5.74) is -1.35. The Morgan fingerprint density at radius 2 is 1.76 bits per heavy atom. The lowest BCUT2D eigenvalue weighted by Crippen LogP contribution is -2.60. The molecule has 5 nitrogen and oxygen atoms in total. The van der Waals surface area contributed by atoms with Crippen LogP contribution in [-0.2, 0) is 6.18 Å². The minimum Gasteiger partial charge on any atom is -0.335 e. The van der Waals surface area contributed by atoms with Crippen molar-refractivity contribution in [2.75, 3.05) is 7.05 Å². The number of carbonyl (C=O) groups is 1.